The summed E-state index contributed by atoms with van der Waals surface area (Å²) >= 11 is 0. The lowest BCUT2D eigenvalue weighted by molar-refractivity contribution is 0.660. The van der Waals surface area contributed by atoms with Crippen molar-refractivity contribution < 1.29 is 4.42 Å². The number of hydrogen-bond donors (Lipinski definition) is 0. The van der Waals surface area contributed by atoms with E-state index in [1.807, 2.05) is 6.07 Å². The van der Waals surface area contributed by atoms with Crippen LogP contribution in [0.25, 0.3) is 55.3 Å². The van der Waals surface area contributed by atoms with Gasteiger partial charge in [-0.15, -0.1) is 0 Å². The minimum Gasteiger partial charge on any atom is -0.455 e. The highest BCUT2D eigenvalue weighted by molar-refractivity contribution is 6.12. The van der Waals surface area contributed by atoms with Gasteiger partial charge in [-0.2, -0.15) is 0 Å². The largest absolute Gasteiger partial charge is 0.455 e. The lowest BCUT2D eigenvalue weighted by Crippen LogP contribution is -2.17. The zero-order chi connectivity index (χ0) is 31.5. The first kappa shape index (κ1) is 27.5. The molecule has 0 bridgehead atoms. The molecular formula is C45H33NO. The summed E-state index contributed by atoms with van der Waals surface area (Å²) in [6.07, 6.45) is 0. The Hall–Kier alpha value is -5.86. The summed E-state index contributed by atoms with van der Waals surface area (Å²) in [6, 6.07) is 58.9. The zero-order valence-corrected chi connectivity index (χ0v) is 26.4. The Labute approximate surface area is 275 Å². The average molecular weight is 604 g/mol. The van der Waals surface area contributed by atoms with Crippen molar-refractivity contribution in [3.8, 4) is 33.4 Å². The average Bonchev–Trinajstić information content (AvgIpc) is 3.61. The molecule has 224 valence electrons. The zero-order valence-electron chi connectivity index (χ0n) is 26.4. The van der Waals surface area contributed by atoms with Gasteiger partial charge < -0.3 is 9.32 Å². The molecule has 0 radical (unpaired) electrons. The molecule has 0 saturated heterocycles. The van der Waals surface area contributed by atoms with Crippen LogP contribution < -0.4 is 4.90 Å². The summed E-state index contributed by atoms with van der Waals surface area (Å²) < 4.78 is 6.58. The third kappa shape index (κ3) is 4.33. The predicted octanol–water partition coefficient (Wildman–Crippen LogP) is 12.7. The van der Waals surface area contributed by atoms with Crippen molar-refractivity contribution in [2.75, 3.05) is 4.90 Å². The van der Waals surface area contributed by atoms with Gasteiger partial charge in [0.2, 0.25) is 0 Å². The van der Waals surface area contributed by atoms with Gasteiger partial charge in [-0.1, -0.05) is 141 Å². The third-order valence-corrected chi connectivity index (χ3v) is 9.86. The molecule has 2 nitrogen and oxygen atoms in total. The van der Waals surface area contributed by atoms with E-state index >= 15 is 0 Å². The monoisotopic (exact) mass is 603 g/mol. The second-order valence-electron chi connectivity index (χ2n) is 13.0. The molecule has 0 saturated carbocycles. The maximum absolute atomic E-state index is 6.58. The van der Waals surface area contributed by atoms with Gasteiger partial charge in [0.05, 0.1) is 5.69 Å². The highest BCUT2D eigenvalue weighted by atomic mass is 16.3. The summed E-state index contributed by atoms with van der Waals surface area (Å²) in [5.41, 5.74) is 14.9. The molecule has 0 fully saturated rings. The summed E-state index contributed by atoms with van der Waals surface area (Å²) in [4.78, 5) is 2.44. The molecule has 7 aromatic carbocycles. The van der Waals surface area contributed by atoms with E-state index in [0.717, 1.165) is 50.1 Å². The highest BCUT2D eigenvalue weighted by Crippen LogP contribution is 2.52. The van der Waals surface area contributed by atoms with Crippen LogP contribution in [0.3, 0.4) is 0 Å². The van der Waals surface area contributed by atoms with E-state index in [9.17, 15) is 0 Å². The first-order valence-electron chi connectivity index (χ1n) is 16.3. The second kappa shape index (κ2) is 10.6. The molecule has 47 heavy (non-hydrogen) atoms. The maximum Gasteiger partial charge on any atom is 0.143 e. The standard InChI is InChI=1S/C45H33NO/c1-45(2)40-22-12-9-20-35(40)36-26-25-32(29-41(36)45)46(42-23-13-10-19-34(42)30-15-5-3-6-16-30)33-27-38(31-17-7-4-8-18-31)44-39(28-33)37-21-11-14-24-43(37)47-44/h3-29H,1-2H3. The van der Waals surface area contributed by atoms with E-state index in [0.29, 0.717) is 0 Å². The van der Waals surface area contributed by atoms with Crippen molar-refractivity contribution in [2.24, 2.45) is 0 Å². The number of benzene rings is 7. The van der Waals surface area contributed by atoms with Crippen molar-refractivity contribution in [1.82, 2.24) is 0 Å². The molecule has 1 aromatic heterocycles. The molecule has 1 heterocycles. The molecule has 2 heteroatoms. The number of nitrogens with zero attached hydrogens (tertiary/aromatic N) is 1. The van der Waals surface area contributed by atoms with Gasteiger partial charge in [-0.3, -0.25) is 0 Å². The smallest absolute Gasteiger partial charge is 0.143 e. The SMILES string of the molecule is CC1(C)c2ccccc2-c2ccc(N(c3cc(-c4ccccc4)c4oc5ccccc5c4c3)c3ccccc3-c3ccccc3)cc21. The lowest BCUT2D eigenvalue weighted by atomic mass is 9.82. The lowest BCUT2D eigenvalue weighted by Gasteiger charge is -2.30. The Morgan fingerprint density at radius 1 is 0.447 bits per heavy atom. The summed E-state index contributed by atoms with van der Waals surface area (Å²) in [7, 11) is 0. The molecule has 1 aliphatic carbocycles. The van der Waals surface area contributed by atoms with Crippen molar-refractivity contribution in [3.05, 3.63) is 175 Å². The van der Waals surface area contributed by atoms with E-state index in [1.165, 1.54) is 33.4 Å². The van der Waals surface area contributed by atoms with Crippen molar-refractivity contribution in [2.45, 2.75) is 19.3 Å². The van der Waals surface area contributed by atoms with E-state index in [1.54, 1.807) is 0 Å². The molecule has 0 atom stereocenters. The third-order valence-electron chi connectivity index (χ3n) is 9.86. The minimum absolute atomic E-state index is 0.119. The van der Waals surface area contributed by atoms with Gasteiger partial charge in [0, 0.05) is 38.7 Å². The van der Waals surface area contributed by atoms with Gasteiger partial charge in [0.15, 0.2) is 0 Å². The van der Waals surface area contributed by atoms with Crippen LogP contribution in [-0.2, 0) is 5.41 Å². The predicted molar refractivity (Wildman–Crippen MR) is 197 cm³/mol. The molecule has 1 aliphatic rings. The molecule has 0 N–H and O–H groups in total. The van der Waals surface area contributed by atoms with Crippen LogP contribution >= 0.6 is 0 Å². The molecule has 0 spiro atoms. The molecule has 0 aliphatic heterocycles. The maximum atomic E-state index is 6.58. The Balaban J connectivity index is 1.35. The summed E-state index contributed by atoms with van der Waals surface area (Å²) in [5.74, 6) is 0. The minimum atomic E-state index is -0.119. The van der Waals surface area contributed by atoms with Crippen molar-refractivity contribution in [1.29, 1.82) is 0 Å². The van der Waals surface area contributed by atoms with Crippen LogP contribution in [-0.4, -0.2) is 0 Å². The van der Waals surface area contributed by atoms with Crippen LogP contribution in [0, 0.1) is 0 Å². The Morgan fingerprint density at radius 3 is 1.85 bits per heavy atom. The van der Waals surface area contributed by atoms with Crippen LogP contribution in [0.1, 0.15) is 25.0 Å². The number of furan rings is 1. The molecule has 9 rings (SSSR count). The van der Waals surface area contributed by atoms with Crippen LogP contribution in [0.2, 0.25) is 0 Å². The van der Waals surface area contributed by atoms with E-state index in [4.69, 9.17) is 4.42 Å². The van der Waals surface area contributed by atoms with Gasteiger partial charge in [-0.25, -0.2) is 0 Å². The fourth-order valence-corrected chi connectivity index (χ4v) is 7.56. The Morgan fingerprint density at radius 2 is 1.06 bits per heavy atom. The van der Waals surface area contributed by atoms with Crippen molar-refractivity contribution in [3.63, 3.8) is 0 Å². The molecule has 0 unspecified atom stereocenters. The van der Waals surface area contributed by atoms with Gasteiger partial charge in [0.1, 0.15) is 11.2 Å². The summed E-state index contributed by atoms with van der Waals surface area (Å²) in [5, 5.41) is 2.22. The van der Waals surface area contributed by atoms with E-state index < -0.39 is 0 Å². The number of hydrogen-bond acceptors (Lipinski definition) is 2. The fraction of sp³-hybridized carbons (Fsp3) is 0.0667. The molecule has 8 aromatic rings. The Bertz CT molecular complexity index is 2440. The van der Waals surface area contributed by atoms with Crippen LogP contribution in [0.15, 0.2) is 168 Å². The van der Waals surface area contributed by atoms with Crippen molar-refractivity contribution >= 4 is 39.0 Å². The Kier molecular flexibility index (Phi) is 6.20. The van der Waals surface area contributed by atoms with E-state index in [2.05, 4.69) is 176 Å². The molecule has 0 amide bonds. The fourth-order valence-electron chi connectivity index (χ4n) is 7.56. The summed E-state index contributed by atoms with van der Waals surface area (Å²) in [6.45, 7) is 4.70. The van der Waals surface area contributed by atoms with E-state index in [-0.39, 0.29) is 5.41 Å². The van der Waals surface area contributed by atoms with Gasteiger partial charge in [-0.05, 0) is 69.8 Å². The topological polar surface area (TPSA) is 16.4 Å². The van der Waals surface area contributed by atoms with Crippen LogP contribution in [0.5, 0.6) is 0 Å². The number of para-hydroxylation sites is 2. The number of fused-ring (bicyclic) bond motifs is 6. The number of rotatable bonds is 5. The van der Waals surface area contributed by atoms with Gasteiger partial charge >= 0.3 is 0 Å². The first-order valence-corrected chi connectivity index (χ1v) is 16.3. The van der Waals surface area contributed by atoms with Gasteiger partial charge in [0.25, 0.3) is 0 Å². The second-order valence-corrected chi connectivity index (χ2v) is 13.0. The molecular weight excluding hydrogens is 571 g/mol. The normalized spacial score (nSPS) is 13.1. The van der Waals surface area contributed by atoms with Crippen LogP contribution in [0.4, 0.5) is 17.1 Å². The highest BCUT2D eigenvalue weighted by Gasteiger charge is 2.36. The number of anilines is 3. The first-order chi connectivity index (χ1) is 23.1. The quantitative estimate of drug-likeness (QED) is 0.195.